The minimum atomic E-state index is -4.69. The Bertz CT molecular complexity index is 490. The molecule has 1 aromatic carbocycles. The quantitative estimate of drug-likeness (QED) is 0.655. The van der Waals surface area contributed by atoms with Crippen molar-refractivity contribution in [2.45, 2.75) is 18.8 Å². The van der Waals surface area contributed by atoms with Crippen molar-refractivity contribution < 1.29 is 22.4 Å². The summed E-state index contributed by atoms with van der Waals surface area (Å²) in [6, 6.07) is 4.68. The van der Waals surface area contributed by atoms with Crippen LogP contribution in [0.3, 0.4) is 0 Å². The highest BCUT2D eigenvalue weighted by molar-refractivity contribution is 6.02. The van der Waals surface area contributed by atoms with Crippen LogP contribution in [0.1, 0.15) is 5.56 Å². The third-order valence-corrected chi connectivity index (χ3v) is 2.83. The number of hydrogen-bond acceptors (Lipinski definition) is 2. The monoisotopic (exact) mass is 262 g/mol. The van der Waals surface area contributed by atoms with E-state index in [1.807, 2.05) is 0 Å². The number of benzene rings is 1. The normalized spacial score (nSPS) is 15.1. The maximum Gasteiger partial charge on any atom is 0.384 e. The first kappa shape index (κ1) is 12.7. The molecule has 1 aliphatic heterocycles. The van der Waals surface area contributed by atoms with Gasteiger partial charge in [0.05, 0.1) is 11.4 Å². The molecule has 0 saturated heterocycles. The maximum atomic E-state index is 13.0. The number of nitrogens with two attached hydrogens (primary N) is 1. The zero-order valence-corrected chi connectivity index (χ0v) is 9.17. The van der Waals surface area contributed by atoms with Gasteiger partial charge in [-0.1, -0.05) is 12.1 Å². The summed E-state index contributed by atoms with van der Waals surface area (Å²) in [6.45, 7) is -0.0648. The smallest absolute Gasteiger partial charge is 0.384 e. The molecule has 1 aromatic rings. The lowest BCUT2D eigenvalue weighted by atomic mass is 10.1. The molecule has 2 N–H and O–H groups in total. The second-order valence-corrected chi connectivity index (χ2v) is 3.99. The van der Waals surface area contributed by atoms with Crippen LogP contribution in [0.2, 0.25) is 0 Å². The van der Waals surface area contributed by atoms with Crippen LogP contribution in [-0.4, -0.2) is 24.8 Å². The maximum absolute atomic E-state index is 13.0. The fourth-order valence-electron chi connectivity index (χ4n) is 1.96. The first-order valence-electron chi connectivity index (χ1n) is 5.21. The topological polar surface area (TPSA) is 46.3 Å². The Morgan fingerprint density at radius 1 is 1.39 bits per heavy atom. The lowest BCUT2D eigenvalue weighted by Crippen LogP contribution is -2.47. The number of carbonyl (C=O) groups is 1. The predicted molar refractivity (Wildman–Crippen MR) is 57.9 cm³/mol. The summed E-state index contributed by atoms with van der Waals surface area (Å²) in [7, 11) is 0. The Morgan fingerprint density at radius 2 is 2.06 bits per heavy atom. The largest absolute Gasteiger partial charge is 0.397 e. The summed E-state index contributed by atoms with van der Waals surface area (Å²) >= 11 is 0. The van der Waals surface area contributed by atoms with Crippen LogP contribution in [0.15, 0.2) is 18.2 Å². The molecule has 1 amide bonds. The molecule has 0 unspecified atom stereocenters. The molecule has 1 heterocycles. The van der Waals surface area contributed by atoms with Gasteiger partial charge in [-0.15, -0.1) is 0 Å². The molecule has 0 bridgehead atoms. The fourth-order valence-corrected chi connectivity index (χ4v) is 1.96. The number of carbonyl (C=O) groups excluding carboxylic acids is 1. The Hall–Kier alpha value is -1.79. The Morgan fingerprint density at radius 3 is 2.67 bits per heavy atom. The SMILES string of the molecule is Nc1cccc2c1N(C(=O)C(F)(F)C(F)F)CC2. The van der Waals surface area contributed by atoms with Gasteiger partial charge in [0.1, 0.15) is 0 Å². The number of fused-ring (bicyclic) bond motifs is 1. The third-order valence-electron chi connectivity index (χ3n) is 2.83. The van der Waals surface area contributed by atoms with Gasteiger partial charge in [0.25, 0.3) is 0 Å². The van der Waals surface area contributed by atoms with Crippen LogP contribution in [0, 0.1) is 0 Å². The fraction of sp³-hybridized carbons (Fsp3) is 0.364. The van der Waals surface area contributed by atoms with E-state index >= 15 is 0 Å². The van der Waals surface area contributed by atoms with Gasteiger partial charge in [-0.3, -0.25) is 4.79 Å². The minimum Gasteiger partial charge on any atom is -0.397 e. The highest BCUT2D eigenvalue weighted by Crippen LogP contribution is 2.37. The number of anilines is 2. The van der Waals surface area contributed by atoms with Crippen molar-refractivity contribution in [3.8, 4) is 0 Å². The van der Waals surface area contributed by atoms with Gasteiger partial charge < -0.3 is 10.6 Å². The van der Waals surface area contributed by atoms with Gasteiger partial charge >= 0.3 is 18.3 Å². The van der Waals surface area contributed by atoms with Crippen LogP contribution in [0.4, 0.5) is 28.9 Å². The molecule has 0 radical (unpaired) electrons. The first-order chi connectivity index (χ1) is 8.35. The van der Waals surface area contributed by atoms with E-state index in [0.717, 1.165) is 0 Å². The summed E-state index contributed by atoms with van der Waals surface area (Å²) in [5, 5.41) is 0. The van der Waals surface area contributed by atoms with E-state index in [-0.39, 0.29) is 17.9 Å². The average molecular weight is 262 g/mol. The second-order valence-electron chi connectivity index (χ2n) is 3.99. The molecule has 7 heteroatoms. The summed E-state index contributed by atoms with van der Waals surface area (Å²) < 4.78 is 50.4. The van der Waals surface area contributed by atoms with Gasteiger partial charge in [0, 0.05) is 6.54 Å². The van der Waals surface area contributed by atoms with E-state index in [9.17, 15) is 22.4 Å². The summed E-state index contributed by atoms with van der Waals surface area (Å²) in [5.74, 6) is -6.60. The van der Waals surface area contributed by atoms with E-state index in [0.29, 0.717) is 16.9 Å². The number of amides is 1. The van der Waals surface area contributed by atoms with Crippen LogP contribution in [0.25, 0.3) is 0 Å². The summed E-state index contributed by atoms with van der Waals surface area (Å²) in [6.07, 6.45) is -3.70. The molecular formula is C11H10F4N2O. The molecule has 0 fully saturated rings. The van der Waals surface area contributed by atoms with Crippen molar-refractivity contribution in [2.75, 3.05) is 17.2 Å². The number of alkyl halides is 4. The number of hydrogen-bond donors (Lipinski definition) is 1. The highest BCUT2D eigenvalue weighted by atomic mass is 19.3. The minimum absolute atomic E-state index is 0.0648. The second kappa shape index (κ2) is 4.15. The molecule has 18 heavy (non-hydrogen) atoms. The average Bonchev–Trinajstić information content (AvgIpc) is 2.72. The zero-order chi connectivity index (χ0) is 13.5. The number of para-hydroxylation sites is 1. The number of nitrogen functional groups attached to an aromatic ring is 1. The van der Waals surface area contributed by atoms with Crippen molar-refractivity contribution in [2.24, 2.45) is 0 Å². The van der Waals surface area contributed by atoms with Gasteiger partial charge in [-0.05, 0) is 18.1 Å². The molecule has 0 aliphatic carbocycles. The first-order valence-corrected chi connectivity index (χ1v) is 5.21. The number of halogens is 4. The lowest BCUT2D eigenvalue weighted by Gasteiger charge is -2.23. The molecule has 2 rings (SSSR count). The molecule has 0 saturated carbocycles. The number of nitrogens with zero attached hydrogens (tertiary/aromatic N) is 1. The summed E-state index contributed by atoms with van der Waals surface area (Å²) in [5.41, 5.74) is 6.44. The van der Waals surface area contributed by atoms with Gasteiger partial charge in [-0.25, -0.2) is 8.78 Å². The van der Waals surface area contributed by atoms with Crippen LogP contribution in [0.5, 0.6) is 0 Å². The molecule has 0 atom stereocenters. The van der Waals surface area contributed by atoms with Crippen molar-refractivity contribution >= 4 is 17.3 Å². The molecular weight excluding hydrogens is 252 g/mol. The van der Waals surface area contributed by atoms with Gasteiger partial charge in [0.15, 0.2) is 0 Å². The van der Waals surface area contributed by atoms with Crippen LogP contribution >= 0.6 is 0 Å². The predicted octanol–water partition coefficient (Wildman–Crippen LogP) is 2.06. The van der Waals surface area contributed by atoms with E-state index in [4.69, 9.17) is 5.73 Å². The number of rotatable bonds is 2. The van der Waals surface area contributed by atoms with Crippen molar-refractivity contribution in [3.63, 3.8) is 0 Å². The Kier molecular flexibility index (Phi) is 2.92. The van der Waals surface area contributed by atoms with E-state index < -0.39 is 18.3 Å². The van der Waals surface area contributed by atoms with Crippen molar-refractivity contribution in [3.05, 3.63) is 23.8 Å². The molecule has 0 spiro atoms. The lowest BCUT2D eigenvalue weighted by molar-refractivity contribution is -0.166. The van der Waals surface area contributed by atoms with Crippen molar-refractivity contribution in [1.29, 1.82) is 0 Å². The van der Waals surface area contributed by atoms with Crippen molar-refractivity contribution in [1.82, 2.24) is 0 Å². The van der Waals surface area contributed by atoms with Crippen LogP contribution < -0.4 is 10.6 Å². The third kappa shape index (κ3) is 1.79. The summed E-state index contributed by atoms with van der Waals surface area (Å²) in [4.78, 5) is 12.1. The van der Waals surface area contributed by atoms with Gasteiger partial charge in [-0.2, -0.15) is 8.78 Å². The molecule has 0 aromatic heterocycles. The zero-order valence-electron chi connectivity index (χ0n) is 9.17. The van der Waals surface area contributed by atoms with Crippen LogP contribution in [-0.2, 0) is 11.2 Å². The molecule has 3 nitrogen and oxygen atoms in total. The molecule has 98 valence electrons. The molecule has 1 aliphatic rings. The van der Waals surface area contributed by atoms with E-state index in [1.165, 1.54) is 6.07 Å². The Labute approximate surface area is 100 Å². The van der Waals surface area contributed by atoms with Gasteiger partial charge in [0.2, 0.25) is 0 Å². The Balaban J connectivity index is 2.38. The van der Waals surface area contributed by atoms with E-state index in [2.05, 4.69) is 0 Å². The standard InChI is InChI=1S/C11H10F4N2O/c12-9(13)11(14,15)10(18)17-5-4-6-2-1-3-7(16)8(6)17/h1-3,9H,4-5,16H2. The van der Waals surface area contributed by atoms with E-state index in [1.54, 1.807) is 12.1 Å². The highest BCUT2D eigenvalue weighted by Gasteiger charge is 2.52.